The number of likely N-dealkylation sites (tertiary alicyclic amines) is 1. The van der Waals surface area contributed by atoms with Crippen LogP contribution in [0.2, 0.25) is 5.02 Å². The third-order valence-electron chi connectivity index (χ3n) is 4.31. The van der Waals surface area contributed by atoms with Gasteiger partial charge < -0.3 is 5.73 Å². The van der Waals surface area contributed by atoms with E-state index < -0.39 is 0 Å². The van der Waals surface area contributed by atoms with E-state index in [-0.39, 0.29) is 0 Å². The summed E-state index contributed by atoms with van der Waals surface area (Å²) in [5.41, 5.74) is 7.30. The molecular weight excluding hydrogens is 300 g/mol. The molecule has 1 unspecified atom stereocenters. The van der Waals surface area contributed by atoms with Crippen LogP contribution in [0.4, 0.5) is 0 Å². The maximum Gasteiger partial charge on any atom is 0.0492 e. The van der Waals surface area contributed by atoms with Gasteiger partial charge >= 0.3 is 0 Å². The van der Waals surface area contributed by atoms with Gasteiger partial charge in [-0.25, -0.2) is 0 Å². The van der Waals surface area contributed by atoms with Crippen molar-refractivity contribution in [2.24, 2.45) is 11.1 Å². The Bertz CT molecular complexity index is 625. The second-order valence-electron chi connectivity index (χ2n) is 6.22. The average Bonchev–Trinajstić information content (AvgIpc) is 3.08. The Morgan fingerprint density at radius 1 is 1.29 bits per heavy atom. The first kappa shape index (κ1) is 15.0. The van der Waals surface area contributed by atoms with Crippen LogP contribution in [0.1, 0.15) is 18.2 Å². The van der Waals surface area contributed by atoms with Crippen LogP contribution in [0.3, 0.4) is 0 Å². The minimum absolute atomic E-state index is 0.294. The van der Waals surface area contributed by atoms with Crippen LogP contribution in [0.5, 0.6) is 0 Å². The zero-order valence-electron chi connectivity index (χ0n) is 12.3. The zero-order chi connectivity index (χ0) is 14.9. The lowest BCUT2D eigenvalue weighted by molar-refractivity contribution is 0.276. The Kier molecular flexibility index (Phi) is 4.36. The fourth-order valence-electron chi connectivity index (χ4n) is 2.92. The smallest absolute Gasteiger partial charge is 0.0492 e. The fourth-order valence-corrected chi connectivity index (χ4v) is 4.30. The third kappa shape index (κ3) is 3.32. The largest absolute Gasteiger partial charge is 0.330 e. The van der Waals surface area contributed by atoms with E-state index in [0.29, 0.717) is 5.41 Å². The van der Waals surface area contributed by atoms with Gasteiger partial charge in [-0.05, 0) is 43.1 Å². The lowest BCUT2D eigenvalue weighted by Gasteiger charge is -2.22. The maximum absolute atomic E-state index is 6.28. The molecule has 1 saturated heterocycles. The van der Waals surface area contributed by atoms with E-state index in [4.69, 9.17) is 17.3 Å². The van der Waals surface area contributed by atoms with Gasteiger partial charge in [0.05, 0.1) is 0 Å². The topological polar surface area (TPSA) is 29.3 Å². The molecule has 1 aromatic carbocycles. The molecule has 0 spiro atoms. The highest BCUT2D eigenvalue weighted by Crippen LogP contribution is 2.35. The molecule has 0 saturated carbocycles. The quantitative estimate of drug-likeness (QED) is 0.913. The number of benzene rings is 1. The first-order chi connectivity index (χ1) is 10.1. The van der Waals surface area contributed by atoms with Crippen LogP contribution < -0.4 is 5.73 Å². The van der Waals surface area contributed by atoms with Crippen molar-refractivity contribution in [1.29, 1.82) is 0 Å². The Balaban J connectivity index is 1.71. The normalized spacial score (nSPS) is 22.8. The highest BCUT2D eigenvalue weighted by molar-refractivity contribution is 7.15. The summed E-state index contributed by atoms with van der Waals surface area (Å²) in [5, 5.41) is 0.822. The molecule has 0 radical (unpaired) electrons. The van der Waals surface area contributed by atoms with E-state index in [1.54, 1.807) is 0 Å². The average molecular weight is 321 g/mol. The molecule has 0 aliphatic carbocycles. The van der Waals surface area contributed by atoms with Gasteiger partial charge in [0.1, 0.15) is 0 Å². The third-order valence-corrected chi connectivity index (χ3v) is 5.74. The van der Waals surface area contributed by atoms with Crippen molar-refractivity contribution in [2.75, 3.05) is 19.6 Å². The molecule has 1 aliphatic rings. The summed E-state index contributed by atoms with van der Waals surface area (Å²) in [4.78, 5) is 5.15. The molecule has 4 heteroatoms. The zero-order valence-corrected chi connectivity index (χ0v) is 13.9. The molecule has 1 atom stereocenters. The Hall–Kier alpha value is -0.870. The molecule has 2 aromatic rings. The number of hydrogen-bond acceptors (Lipinski definition) is 3. The number of halogens is 1. The number of nitrogens with zero attached hydrogens (tertiary/aromatic N) is 1. The predicted molar refractivity (Wildman–Crippen MR) is 91.8 cm³/mol. The van der Waals surface area contributed by atoms with Crippen LogP contribution in [0, 0.1) is 5.41 Å². The van der Waals surface area contributed by atoms with E-state index >= 15 is 0 Å². The Labute approximate surface area is 135 Å². The molecule has 2 heterocycles. The van der Waals surface area contributed by atoms with Crippen LogP contribution >= 0.6 is 22.9 Å². The van der Waals surface area contributed by atoms with Crippen molar-refractivity contribution in [3.05, 3.63) is 46.3 Å². The summed E-state index contributed by atoms with van der Waals surface area (Å²) in [6, 6.07) is 12.4. The van der Waals surface area contributed by atoms with Gasteiger partial charge in [-0.2, -0.15) is 0 Å². The second kappa shape index (κ2) is 6.09. The van der Waals surface area contributed by atoms with Crippen LogP contribution in [0.15, 0.2) is 36.4 Å². The number of rotatable bonds is 4. The van der Waals surface area contributed by atoms with Gasteiger partial charge in [-0.15, -0.1) is 11.3 Å². The molecule has 2 N–H and O–H groups in total. The molecule has 2 nitrogen and oxygen atoms in total. The minimum Gasteiger partial charge on any atom is -0.330 e. The Morgan fingerprint density at radius 3 is 2.81 bits per heavy atom. The van der Waals surface area contributed by atoms with E-state index in [0.717, 1.165) is 36.8 Å². The van der Waals surface area contributed by atoms with Gasteiger partial charge in [-0.3, -0.25) is 4.90 Å². The minimum atomic E-state index is 0.294. The van der Waals surface area contributed by atoms with E-state index in [1.165, 1.54) is 16.2 Å². The SMILES string of the molecule is CC1(CN)CCN(Cc2ccc(-c3ccccc3Cl)s2)C1. The van der Waals surface area contributed by atoms with E-state index in [2.05, 4.69) is 30.0 Å². The fraction of sp³-hybridized carbons (Fsp3) is 0.412. The van der Waals surface area contributed by atoms with E-state index in [9.17, 15) is 0 Å². The summed E-state index contributed by atoms with van der Waals surface area (Å²) in [6.45, 7) is 6.33. The van der Waals surface area contributed by atoms with Gasteiger partial charge in [0.15, 0.2) is 0 Å². The number of thiophene rings is 1. The second-order valence-corrected chi connectivity index (χ2v) is 7.80. The molecule has 0 amide bonds. The molecular formula is C17H21ClN2S. The monoisotopic (exact) mass is 320 g/mol. The number of hydrogen-bond donors (Lipinski definition) is 1. The summed E-state index contributed by atoms with van der Waals surface area (Å²) in [5.74, 6) is 0. The van der Waals surface area contributed by atoms with Crippen molar-refractivity contribution >= 4 is 22.9 Å². The lowest BCUT2D eigenvalue weighted by Crippen LogP contribution is -2.30. The van der Waals surface area contributed by atoms with Crippen molar-refractivity contribution in [3.63, 3.8) is 0 Å². The van der Waals surface area contributed by atoms with Gasteiger partial charge in [0.25, 0.3) is 0 Å². The standard InChI is InChI=1S/C17H21ClN2S/c1-17(11-19)8-9-20(12-17)10-13-6-7-16(21-13)14-4-2-3-5-15(14)18/h2-7H,8-12,19H2,1H3. The summed E-state index contributed by atoms with van der Waals surface area (Å²) >= 11 is 8.11. The molecule has 3 rings (SSSR count). The first-order valence-electron chi connectivity index (χ1n) is 7.36. The lowest BCUT2D eigenvalue weighted by atomic mass is 9.90. The molecule has 1 aliphatic heterocycles. The first-order valence-corrected chi connectivity index (χ1v) is 8.55. The van der Waals surface area contributed by atoms with Crippen LogP contribution in [0.25, 0.3) is 10.4 Å². The number of nitrogens with two attached hydrogens (primary N) is 1. The molecule has 0 bridgehead atoms. The summed E-state index contributed by atoms with van der Waals surface area (Å²) < 4.78 is 0. The van der Waals surface area contributed by atoms with Crippen molar-refractivity contribution in [3.8, 4) is 10.4 Å². The van der Waals surface area contributed by atoms with Gasteiger partial charge in [0, 0.05) is 33.4 Å². The maximum atomic E-state index is 6.28. The highest BCUT2D eigenvalue weighted by atomic mass is 35.5. The van der Waals surface area contributed by atoms with Gasteiger partial charge in [0.2, 0.25) is 0 Å². The van der Waals surface area contributed by atoms with Gasteiger partial charge in [-0.1, -0.05) is 36.7 Å². The molecule has 112 valence electrons. The summed E-state index contributed by atoms with van der Waals surface area (Å²) in [6.07, 6.45) is 1.20. The Morgan fingerprint density at radius 2 is 2.10 bits per heavy atom. The van der Waals surface area contributed by atoms with Crippen molar-refractivity contribution in [2.45, 2.75) is 19.9 Å². The van der Waals surface area contributed by atoms with Crippen molar-refractivity contribution < 1.29 is 0 Å². The molecule has 1 aromatic heterocycles. The molecule has 1 fully saturated rings. The predicted octanol–water partition coefficient (Wildman–Crippen LogP) is 4.24. The highest BCUT2D eigenvalue weighted by Gasteiger charge is 2.32. The molecule has 21 heavy (non-hydrogen) atoms. The van der Waals surface area contributed by atoms with E-state index in [1.807, 2.05) is 29.5 Å². The van der Waals surface area contributed by atoms with Crippen LogP contribution in [-0.4, -0.2) is 24.5 Å². The summed E-state index contributed by atoms with van der Waals surface area (Å²) in [7, 11) is 0. The van der Waals surface area contributed by atoms with Crippen molar-refractivity contribution in [1.82, 2.24) is 4.90 Å². The van der Waals surface area contributed by atoms with Crippen LogP contribution in [-0.2, 0) is 6.54 Å².